The van der Waals surface area contributed by atoms with Crippen LogP contribution in [-0.2, 0) is 0 Å². The van der Waals surface area contributed by atoms with Gasteiger partial charge in [0.2, 0.25) is 0 Å². The molecular weight excluding hydrogens is 292 g/mol. The number of aromatic nitrogens is 1. The average molecular weight is 313 g/mol. The predicted molar refractivity (Wildman–Crippen MR) is 82.5 cm³/mol. The summed E-state index contributed by atoms with van der Waals surface area (Å²) in [7, 11) is 0. The zero-order chi connectivity index (χ0) is 15.1. The number of hydrogen-bond donors (Lipinski definition) is 3. The van der Waals surface area contributed by atoms with E-state index >= 15 is 0 Å². The van der Waals surface area contributed by atoms with Gasteiger partial charge in [-0.1, -0.05) is 11.6 Å². The molecule has 21 heavy (non-hydrogen) atoms. The second-order valence-electron chi connectivity index (χ2n) is 5.24. The lowest BCUT2D eigenvalue weighted by Gasteiger charge is -2.31. The number of aliphatic hydroxyl groups excluding tert-OH is 1. The molecule has 0 radical (unpaired) electrons. The van der Waals surface area contributed by atoms with Gasteiger partial charge >= 0.3 is 6.03 Å². The molecule has 1 aromatic heterocycles. The van der Waals surface area contributed by atoms with Crippen molar-refractivity contribution >= 4 is 23.3 Å². The number of amides is 2. The number of carbonyl (C=O) groups is 1. The van der Waals surface area contributed by atoms with Gasteiger partial charge in [-0.25, -0.2) is 9.78 Å². The van der Waals surface area contributed by atoms with Crippen LogP contribution >= 0.6 is 11.6 Å². The normalized spacial score (nSPS) is 19.2. The average Bonchev–Trinajstić information content (AvgIpc) is 2.50. The van der Waals surface area contributed by atoms with Crippen molar-refractivity contribution in [1.82, 2.24) is 15.2 Å². The highest BCUT2D eigenvalue weighted by Crippen LogP contribution is 2.15. The molecule has 1 saturated heterocycles. The van der Waals surface area contributed by atoms with Crippen LogP contribution in [0.1, 0.15) is 12.8 Å². The highest BCUT2D eigenvalue weighted by atomic mass is 35.5. The van der Waals surface area contributed by atoms with Crippen LogP contribution in [0.3, 0.4) is 0 Å². The summed E-state index contributed by atoms with van der Waals surface area (Å²) < 4.78 is 0. The Balaban J connectivity index is 1.66. The first-order chi connectivity index (χ1) is 10.2. The van der Waals surface area contributed by atoms with Gasteiger partial charge in [0.25, 0.3) is 0 Å². The molecule has 1 aromatic rings. The van der Waals surface area contributed by atoms with E-state index in [2.05, 4.69) is 20.5 Å². The number of pyridine rings is 1. The zero-order valence-electron chi connectivity index (χ0n) is 11.9. The van der Waals surface area contributed by atoms with Crippen LogP contribution in [0.2, 0.25) is 5.15 Å². The van der Waals surface area contributed by atoms with Crippen LogP contribution in [0.4, 0.5) is 10.5 Å². The minimum atomic E-state index is -0.255. The number of anilines is 1. The van der Waals surface area contributed by atoms with E-state index in [1.54, 1.807) is 12.1 Å². The molecule has 1 fully saturated rings. The minimum Gasteiger partial charge on any atom is -0.396 e. The maximum atomic E-state index is 11.7. The van der Waals surface area contributed by atoms with Gasteiger partial charge in [-0.2, -0.15) is 0 Å². The molecule has 2 amide bonds. The quantitative estimate of drug-likeness (QED) is 0.721. The number of nitrogens with zero attached hydrogens (tertiary/aromatic N) is 2. The van der Waals surface area contributed by atoms with Crippen molar-refractivity contribution in [2.45, 2.75) is 12.8 Å². The van der Waals surface area contributed by atoms with E-state index in [0.717, 1.165) is 32.5 Å². The molecule has 0 bridgehead atoms. The van der Waals surface area contributed by atoms with Crippen molar-refractivity contribution in [3.05, 3.63) is 23.5 Å². The summed E-state index contributed by atoms with van der Waals surface area (Å²) in [5.41, 5.74) is 0.607. The Kier molecular flexibility index (Phi) is 6.22. The van der Waals surface area contributed by atoms with Gasteiger partial charge in [0.1, 0.15) is 5.15 Å². The number of nitrogens with one attached hydrogen (secondary N) is 2. The van der Waals surface area contributed by atoms with Crippen molar-refractivity contribution in [1.29, 1.82) is 0 Å². The largest absolute Gasteiger partial charge is 0.396 e. The van der Waals surface area contributed by atoms with Gasteiger partial charge < -0.3 is 20.6 Å². The van der Waals surface area contributed by atoms with Crippen molar-refractivity contribution < 1.29 is 9.90 Å². The number of rotatable bonds is 5. The van der Waals surface area contributed by atoms with E-state index in [9.17, 15) is 9.90 Å². The Hall–Kier alpha value is -1.37. The van der Waals surface area contributed by atoms with Crippen LogP contribution in [0.5, 0.6) is 0 Å². The summed E-state index contributed by atoms with van der Waals surface area (Å²) in [6.45, 7) is 3.55. The Labute approximate surface area is 129 Å². The second kappa shape index (κ2) is 8.17. The Morgan fingerprint density at radius 2 is 2.38 bits per heavy atom. The molecule has 7 heteroatoms. The lowest BCUT2D eigenvalue weighted by molar-refractivity contribution is 0.121. The fraction of sp³-hybridized carbons (Fsp3) is 0.571. The molecule has 6 nitrogen and oxygen atoms in total. The molecule has 0 saturated carbocycles. The highest BCUT2D eigenvalue weighted by Gasteiger charge is 2.18. The van der Waals surface area contributed by atoms with Gasteiger partial charge in [-0.15, -0.1) is 0 Å². The molecule has 1 atom stereocenters. The van der Waals surface area contributed by atoms with Crippen molar-refractivity contribution in [2.24, 2.45) is 5.92 Å². The summed E-state index contributed by atoms with van der Waals surface area (Å²) >= 11 is 5.68. The molecule has 1 aliphatic heterocycles. The van der Waals surface area contributed by atoms with E-state index in [4.69, 9.17) is 11.6 Å². The number of piperidine rings is 1. The number of urea groups is 1. The molecular formula is C14H21ClN4O2. The maximum absolute atomic E-state index is 11.7. The SMILES string of the molecule is O=C(NCCN1CCC[C@@H](CO)C1)Nc1ccc(Cl)nc1. The Bertz CT molecular complexity index is 455. The van der Waals surface area contributed by atoms with Crippen LogP contribution in [0.25, 0.3) is 0 Å². The van der Waals surface area contributed by atoms with Gasteiger partial charge in [0.15, 0.2) is 0 Å². The molecule has 2 rings (SSSR count). The summed E-state index contributed by atoms with van der Waals surface area (Å²) in [6.07, 6.45) is 3.71. The number of aliphatic hydroxyl groups is 1. The van der Waals surface area contributed by atoms with Gasteiger partial charge in [0, 0.05) is 26.2 Å². The summed E-state index contributed by atoms with van der Waals surface area (Å²) in [4.78, 5) is 17.9. The Morgan fingerprint density at radius 3 is 3.10 bits per heavy atom. The third kappa shape index (κ3) is 5.49. The van der Waals surface area contributed by atoms with E-state index in [0.29, 0.717) is 23.3 Å². The predicted octanol–water partition coefficient (Wildman–Crippen LogP) is 1.56. The minimum absolute atomic E-state index is 0.244. The Morgan fingerprint density at radius 1 is 1.52 bits per heavy atom. The van der Waals surface area contributed by atoms with Crippen LogP contribution in [0.15, 0.2) is 18.3 Å². The molecule has 0 unspecified atom stereocenters. The van der Waals surface area contributed by atoms with E-state index in [1.807, 2.05) is 0 Å². The topological polar surface area (TPSA) is 77.5 Å². The third-order valence-corrected chi connectivity index (χ3v) is 3.78. The maximum Gasteiger partial charge on any atom is 0.319 e. The van der Waals surface area contributed by atoms with E-state index in [1.165, 1.54) is 6.20 Å². The third-order valence-electron chi connectivity index (χ3n) is 3.56. The molecule has 0 aromatic carbocycles. The smallest absolute Gasteiger partial charge is 0.319 e. The number of carbonyl (C=O) groups excluding carboxylic acids is 1. The van der Waals surface area contributed by atoms with E-state index < -0.39 is 0 Å². The first-order valence-corrected chi connectivity index (χ1v) is 7.55. The molecule has 1 aliphatic rings. The van der Waals surface area contributed by atoms with E-state index in [-0.39, 0.29) is 12.6 Å². The van der Waals surface area contributed by atoms with Crippen LogP contribution in [0, 0.1) is 5.92 Å². The summed E-state index contributed by atoms with van der Waals surface area (Å²) in [5.74, 6) is 0.368. The molecule has 2 heterocycles. The first kappa shape index (κ1) is 16.0. The van der Waals surface area contributed by atoms with Crippen molar-refractivity contribution in [3.63, 3.8) is 0 Å². The van der Waals surface area contributed by atoms with Crippen molar-refractivity contribution in [3.8, 4) is 0 Å². The van der Waals surface area contributed by atoms with Gasteiger partial charge in [-0.3, -0.25) is 0 Å². The number of hydrogen-bond acceptors (Lipinski definition) is 4. The van der Waals surface area contributed by atoms with Crippen LogP contribution < -0.4 is 10.6 Å². The zero-order valence-corrected chi connectivity index (χ0v) is 12.6. The lowest BCUT2D eigenvalue weighted by Crippen LogP contribution is -2.42. The summed E-state index contributed by atoms with van der Waals surface area (Å²) in [5, 5.41) is 15.1. The second-order valence-corrected chi connectivity index (χ2v) is 5.63. The standard InChI is InChI=1S/C14H21ClN4O2/c15-13-4-3-12(8-17-13)18-14(21)16-5-7-19-6-1-2-11(9-19)10-20/h3-4,8,11,20H,1-2,5-7,9-10H2,(H2,16,18,21)/t11-/m1/s1. The number of halogens is 1. The molecule has 3 N–H and O–H groups in total. The molecule has 0 spiro atoms. The fourth-order valence-corrected chi connectivity index (χ4v) is 2.57. The van der Waals surface area contributed by atoms with Crippen molar-refractivity contribution in [2.75, 3.05) is 38.1 Å². The lowest BCUT2D eigenvalue weighted by atomic mass is 9.99. The monoisotopic (exact) mass is 312 g/mol. The van der Waals surface area contributed by atoms with Crippen LogP contribution in [-0.4, -0.2) is 53.8 Å². The van der Waals surface area contributed by atoms with Gasteiger partial charge in [-0.05, 0) is 37.4 Å². The highest BCUT2D eigenvalue weighted by molar-refractivity contribution is 6.29. The summed E-state index contributed by atoms with van der Waals surface area (Å²) in [6, 6.07) is 3.07. The first-order valence-electron chi connectivity index (χ1n) is 7.17. The fourth-order valence-electron chi connectivity index (χ4n) is 2.46. The molecule has 116 valence electrons. The molecule has 0 aliphatic carbocycles. The number of likely N-dealkylation sites (tertiary alicyclic amines) is 1. The van der Waals surface area contributed by atoms with Gasteiger partial charge in [0.05, 0.1) is 11.9 Å².